The minimum absolute atomic E-state index is 0.137. The highest BCUT2D eigenvalue weighted by Crippen LogP contribution is 2.29. The number of thioether (sulfide) groups is 1. The van der Waals surface area contributed by atoms with Gasteiger partial charge in [0.2, 0.25) is 5.91 Å². The number of phenols is 1. The minimum Gasteiger partial charge on any atom is -0.507 e. The van der Waals surface area contributed by atoms with Gasteiger partial charge in [-0.25, -0.2) is 0 Å². The lowest BCUT2D eigenvalue weighted by atomic mass is 10.2. The van der Waals surface area contributed by atoms with Crippen molar-refractivity contribution in [3.8, 4) is 5.75 Å². The molecular formula is C11H13NO2S. The van der Waals surface area contributed by atoms with Gasteiger partial charge in [-0.3, -0.25) is 4.79 Å². The molecule has 1 fully saturated rings. The van der Waals surface area contributed by atoms with Crippen molar-refractivity contribution in [3.05, 3.63) is 24.3 Å². The van der Waals surface area contributed by atoms with E-state index < -0.39 is 0 Å². The average molecular weight is 223 g/mol. The second kappa shape index (κ2) is 4.57. The van der Waals surface area contributed by atoms with E-state index in [1.807, 2.05) is 12.1 Å². The van der Waals surface area contributed by atoms with Crippen LogP contribution >= 0.6 is 11.8 Å². The van der Waals surface area contributed by atoms with Crippen molar-refractivity contribution in [1.29, 1.82) is 0 Å². The van der Waals surface area contributed by atoms with Crippen molar-refractivity contribution in [1.82, 2.24) is 5.32 Å². The highest BCUT2D eigenvalue weighted by Gasteiger charge is 2.20. The maximum absolute atomic E-state index is 11.0. The molecule has 3 nitrogen and oxygen atoms in total. The molecule has 1 atom stereocenters. The number of amides is 1. The maximum Gasteiger partial charge on any atom is 0.220 e. The van der Waals surface area contributed by atoms with Crippen LogP contribution < -0.4 is 5.32 Å². The Bertz CT molecular complexity index is 367. The topological polar surface area (TPSA) is 49.3 Å². The van der Waals surface area contributed by atoms with Crippen LogP contribution in [0.25, 0.3) is 0 Å². The van der Waals surface area contributed by atoms with Gasteiger partial charge in [0.1, 0.15) is 5.75 Å². The molecule has 1 heterocycles. The Balaban J connectivity index is 1.88. The van der Waals surface area contributed by atoms with E-state index in [2.05, 4.69) is 5.32 Å². The van der Waals surface area contributed by atoms with Crippen LogP contribution in [0.2, 0.25) is 0 Å². The zero-order valence-electron chi connectivity index (χ0n) is 8.27. The molecular weight excluding hydrogens is 210 g/mol. The maximum atomic E-state index is 11.0. The number of nitrogens with one attached hydrogen (secondary N) is 1. The van der Waals surface area contributed by atoms with E-state index in [0.29, 0.717) is 12.2 Å². The number of carbonyl (C=O) groups excluding carboxylic acids is 1. The highest BCUT2D eigenvalue weighted by atomic mass is 32.2. The third-order valence-electron chi connectivity index (χ3n) is 2.39. The summed E-state index contributed by atoms with van der Waals surface area (Å²) in [6.07, 6.45) is 1.53. The van der Waals surface area contributed by atoms with Crippen molar-refractivity contribution in [3.63, 3.8) is 0 Å². The standard InChI is InChI=1S/C11H13NO2S/c13-9-3-1-2-4-10(9)15-7-8-5-6-11(14)12-8/h1-4,8,13H,5-7H2,(H,12,14). The molecule has 1 saturated heterocycles. The van der Waals surface area contributed by atoms with E-state index in [1.165, 1.54) is 0 Å². The lowest BCUT2D eigenvalue weighted by Crippen LogP contribution is -2.27. The summed E-state index contributed by atoms with van der Waals surface area (Å²) >= 11 is 1.58. The van der Waals surface area contributed by atoms with E-state index in [-0.39, 0.29) is 11.9 Å². The molecule has 0 spiro atoms. The second-order valence-corrected chi connectivity index (χ2v) is 4.64. The van der Waals surface area contributed by atoms with E-state index in [4.69, 9.17) is 0 Å². The van der Waals surface area contributed by atoms with Gasteiger partial charge in [-0.15, -0.1) is 11.8 Å². The number of aromatic hydroxyl groups is 1. The minimum atomic E-state index is 0.137. The van der Waals surface area contributed by atoms with Gasteiger partial charge in [0.05, 0.1) is 0 Å². The summed E-state index contributed by atoms with van der Waals surface area (Å²) in [6.45, 7) is 0. The molecule has 2 N–H and O–H groups in total. The van der Waals surface area contributed by atoms with Gasteiger partial charge in [0.25, 0.3) is 0 Å². The summed E-state index contributed by atoms with van der Waals surface area (Å²) in [7, 11) is 0. The normalized spacial score (nSPS) is 20.3. The van der Waals surface area contributed by atoms with Crippen LogP contribution in [0, 0.1) is 0 Å². The summed E-state index contributed by atoms with van der Waals surface area (Å²) in [5, 5.41) is 12.4. The average Bonchev–Trinajstić information content (AvgIpc) is 2.63. The number of phenolic OH excluding ortho intramolecular Hbond substituents is 1. The zero-order chi connectivity index (χ0) is 10.7. The molecule has 0 bridgehead atoms. The molecule has 4 heteroatoms. The number of benzene rings is 1. The zero-order valence-corrected chi connectivity index (χ0v) is 9.09. The van der Waals surface area contributed by atoms with Crippen molar-refractivity contribution in [2.45, 2.75) is 23.8 Å². The Morgan fingerprint density at radius 2 is 2.27 bits per heavy atom. The quantitative estimate of drug-likeness (QED) is 0.768. The van der Waals surface area contributed by atoms with Crippen LogP contribution in [0.5, 0.6) is 5.75 Å². The second-order valence-electron chi connectivity index (χ2n) is 3.58. The molecule has 0 aliphatic carbocycles. The van der Waals surface area contributed by atoms with E-state index in [0.717, 1.165) is 17.1 Å². The van der Waals surface area contributed by atoms with Gasteiger partial charge in [0.15, 0.2) is 0 Å². The summed E-state index contributed by atoms with van der Waals surface area (Å²) in [4.78, 5) is 11.8. The number of hydrogen-bond acceptors (Lipinski definition) is 3. The van der Waals surface area contributed by atoms with Crippen LogP contribution in [0.1, 0.15) is 12.8 Å². The van der Waals surface area contributed by atoms with Gasteiger partial charge in [0, 0.05) is 23.1 Å². The van der Waals surface area contributed by atoms with E-state index in [1.54, 1.807) is 23.9 Å². The number of hydrogen-bond donors (Lipinski definition) is 2. The smallest absolute Gasteiger partial charge is 0.220 e. The first-order valence-electron chi connectivity index (χ1n) is 4.96. The molecule has 1 aliphatic rings. The summed E-state index contributed by atoms with van der Waals surface area (Å²) in [5.74, 6) is 1.27. The Morgan fingerprint density at radius 1 is 1.47 bits per heavy atom. The summed E-state index contributed by atoms with van der Waals surface area (Å²) in [6, 6.07) is 7.51. The molecule has 1 aliphatic heterocycles. The Morgan fingerprint density at radius 3 is 2.93 bits per heavy atom. The molecule has 80 valence electrons. The fourth-order valence-corrected chi connectivity index (χ4v) is 2.59. The number of carbonyl (C=O) groups is 1. The van der Waals surface area contributed by atoms with Crippen LogP contribution in [0.15, 0.2) is 29.2 Å². The Kier molecular flexibility index (Phi) is 3.16. The van der Waals surface area contributed by atoms with Gasteiger partial charge in [-0.05, 0) is 18.6 Å². The first-order chi connectivity index (χ1) is 7.25. The molecule has 1 aromatic carbocycles. The predicted molar refractivity (Wildman–Crippen MR) is 60.0 cm³/mol. The van der Waals surface area contributed by atoms with Crippen LogP contribution in [0.4, 0.5) is 0 Å². The Hall–Kier alpha value is -1.16. The van der Waals surface area contributed by atoms with Gasteiger partial charge in [-0.2, -0.15) is 0 Å². The molecule has 1 amide bonds. The number of para-hydroxylation sites is 1. The largest absolute Gasteiger partial charge is 0.507 e. The molecule has 0 radical (unpaired) electrons. The van der Waals surface area contributed by atoms with E-state index >= 15 is 0 Å². The summed E-state index contributed by atoms with van der Waals surface area (Å²) in [5.41, 5.74) is 0. The third kappa shape index (κ3) is 2.65. The fourth-order valence-electron chi connectivity index (χ4n) is 1.57. The molecule has 15 heavy (non-hydrogen) atoms. The molecule has 2 rings (SSSR count). The van der Waals surface area contributed by atoms with Crippen LogP contribution in [-0.4, -0.2) is 22.8 Å². The van der Waals surface area contributed by atoms with Crippen molar-refractivity contribution < 1.29 is 9.90 Å². The van der Waals surface area contributed by atoms with Gasteiger partial charge in [-0.1, -0.05) is 12.1 Å². The van der Waals surface area contributed by atoms with E-state index in [9.17, 15) is 9.90 Å². The molecule has 0 aromatic heterocycles. The lowest BCUT2D eigenvalue weighted by Gasteiger charge is -2.09. The first-order valence-corrected chi connectivity index (χ1v) is 5.94. The highest BCUT2D eigenvalue weighted by molar-refractivity contribution is 7.99. The van der Waals surface area contributed by atoms with Gasteiger partial charge < -0.3 is 10.4 Å². The monoisotopic (exact) mass is 223 g/mol. The first kappa shape index (κ1) is 10.4. The molecule has 1 aromatic rings. The number of rotatable bonds is 3. The Labute approximate surface area is 92.9 Å². The summed E-state index contributed by atoms with van der Waals surface area (Å²) < 4.78 is 0. The van der Waals surface area contributed by atoms with Gasteiger partial charge >= 0.3 is 0 Å². The third-order valence-corrected chi connectivity index (χ3v) is 3.62. The van der Waals surface area contributed by atoms with Crippen molar-refractivity contribution in [2.75, 3.05) is 5.75 Å². The van der Waals surface area contributed by atoms with Crippen LogP contribution in [0.3, 0.4) is 0 Å². The lowest BCUT2D eigenvalue weighted by molar-refractivity contribution is -0.119. The van der Waals surface area contributed by atoms with Crippen molar-refractivity contribution >= 4 is 17.7 Å². The van der Waals surface area contributed by atoms with Crippen molar-refractivity contribution in [2.24, 2.45) is 0 Å². The molecule has 1 unspecified atom stereocenters. The SMILES string of the molecule is O=C1CCC(CSc2ccccc2O)N1. The van der Waals surface area contributed by atoms with Crippen LogP contribution in [-0.2, 0) is 4.79 Å². The predicted octanol–water partition coefficient (Wildman–Crippen LogP) is 1.76. The molecule has 0 saturated carbocycles. The fraction of sp³-hybridized carbons (Fsp3) is 0.364.